The summed E-state index contributed by atoms with van der Waals surface area (Å²) in [5, 5.41) is 22.3. The number of hydrogen-bond acceptors (Lipinski definition) is 5. The van der Waals surface area contributed by atoms with Gasteiger partial charge in [0.2, 0.25) is 5.95 Å². The number of benzene rings is 1. The zero-order valence-corrected chi connectivity index (χ0v) is 9.91. The number of aromatic hydroxyl groups is 1. The molecular weight excluding hydrogens is 269 g/mol. The Bertz CT molecular complexity index is 690. The molecule has 7 nitrogen and oxygen atoms in total. The molecule has 0 aliphatic carbocycles. The van der Waals surface area contributed by atoms with E-state index in [1.54, 1.807) is 0 Å². The van der Waals surface area contributed by atoms with E-state index in [2.05, 4.69) is 10.3 Å². The maximum Gasteiger partial charge on any atom is 0.296 e. The molecule has 1 aromatic heterocycles. The summed E-state index contributed by atoms with van der Waals surface area (Å²) in [5.74, 6) is -1.86. The number of nitrogens with zero attached hydrogens (tertiary/aromatic N) is 2. The zero-order valence-electron chi connectivity index (χ0n) is 9.91. The van der Waals surface area contributed by atoms with Crippen LogP contribution in [0, 0.1) is 16.1 Å². The highest BCUT2D eigenvalue weighted by atomic mass is 19.1. The van der Waals surface area contributed by atoms with Crippen molar-refractivity contribution in [2.75, 3.05) is 5.32 Å². The molecule has 2 aromatic rings. The van der Waals surface area contributed by atoms with Gasteiger partial charge in [0.15, 0.2) is 0 Å². The summed E-state index contributed by atoms with van der Waals surface area (Å²) in [6, 6.07) is 5.45. The highest BCUT2D eigenvalue weighted by molar-refractivity contribution is 6.05. The SMILES string of the molecule is O=C(Nc1ccc(O)cc1[N+](=O)[O-])c1ccnc(F)c1. The van der Waals surface area contributed by atoms with E-state index in [-0.39, 0.29) is 17.0 Å². The fourth-order valence-corrected chi connectivity index (χ4v) is 1.51. The Morgan fingerprint density at radius 2 is 2.10 bits per heavy atom. The van der Waals surface area contributed by atoms with Gasteiger partial charge in [0.1, 0.15) is 11.4 Å². The predicted molar refractivity (Wildman–Crippen MR) is 66.9 cm³/mol. The van der Waals surface area contributed by atoms with Crippen molar-refractivity contribution < 1.29 is 19.2 Å². The summed E-state index contributed by atoms with van der Waals surface area (Å²) in [5.41, 5.74) is -0.595. The standard InChI is InChI=1S/C12H8FN3O4/c13-11-5-7(3-4-14-11)12(18)15-9-2-1-8(17)6-10(9)16(19)20/h1-6,17H,(H,15,18). The number of phenols is 1. The normalized spacial score (nSPS) is 10.1. The number of phenolic OH excluding ortho intramolecular Hbond substituents is 1. The molecule has 0 fully saturated rings. The second-order valence-electron chi connectivity index (χ2n) is 3.78. The number of amides is 1. The van der Waals surface area contributed by atoms with Gasteiger partial charge < -0.3 is 10.4 Å². The molecule has 0 atom stereocenters. The third-order valence-corrected chi connectivity index (χ3v) is 2.41. The first kappa shape index (κ1) is 13.4. The second kappa shape index (κ2) is 5.31. The van der Waals surface area contributed by atoms with Gasteiger partial charge in [-0.3, -0.25) is 14.9 Å². The first-order chi connectivity index (χ1) is 9.47. The van der Waals surface area contributed by atoms with Crippen LogP contribution in [0.1, 0.15) is 10.4 Å². The Labute approximate surface area is 111 Å². The van der Waals surface area contributed by atoms with Crippen LogP contribution in [-0.2, 0) is 0 Å². The maximum atomic E-state index is 12.9. The van der Waals surface area contributed by atoms with Gasteiger partial charge in [-0.15, -0.1) is 0 Å². The number of rotatable bonds is 3. The van der Waals surface area contributed by atoms with Crippen molar-refractivity contribution in [1.29, 1.82) is 0 Å². The summed E-state index contributed by atoms with van der Waals surface area (Å²) >= 11 is 0. The van der Waals surface area contributed by atoms with Crippen LogP contribution in [0.25, 0.3) is 0 Å². The van der Waals surface area contributed by atoms with Gasteiger partial charge in [0, 0.05) is 17.8 Å². The number of anilines is 1. The lowest BCUT2D eigenvalue weighted by Gasteiger charge is -2.06. The minimum Gasteiger partial charge on any atom is -0.508 e. The number of carbonyl (C=O) groups excluding carboxylic acids is 1. The van der Waals surface area contributed by atoms with Gasteiger partial charge in [0.05, 0.1) is 11.0 Å². The maximum absolute atomic E-state index is 12.9. The van der Waals surface area contributed by atoms with Crippen molar-refractivity contribution >= 4 is 17.3 Å². The summed E-state index contributed by atoms with van der Waals surface area (Å²) < 4.78 is 12.9. The average molecular weight is 277 g/mol. The molecule has 0 saturated carbocycles. The third kappa shape index (κ3) is 2.86. The fraction of sp³-hybridized carbons (Fsp3) is 0. The summed E-state index contributed by atoms with van der Waals surface area (Å²) in [7, 11) is 0. The number of carbonyl (C=O) groups is 1. The topological polar surface area (TPSA) is 105 Å². The molecule has 0 saturated heterocycles. The van der Waals surface area contributed by atoms with E-state index in [4.69, 9.17) is 0 Å². The summed E-state index contributed by atoms with van der Waals surface area (Å²) in [6.07, 6.45) is 1.11. The summed E-state index contributed by atoms with van der Waals surface area (Å²) in [6.45, 7) is 0. The minimum atomic E-state index is -0.835. The van der Waals surface area contributed by atoms with E-state index in [1.165, 1.54) is 18.2 Å². The van der Waals surface area contributed by atoms with E-state index in [9.17, 15) is 24.4 Å². The molecule has 0 radical (unpaired) electrons. The van der Waals surface area contributed by atoms with Gasteiger partial charge >= 0.3 is 0 Å². The largest absolute Gasteiger partial charge is 0.508 e. The zero-order chi connectivity index (χ0) is 14.7. The molecule has 2 rings (SSSR count). The highest BCUT2D eigenvalue weighted by Crippen LogP contribution is 2.28. The molecule has 0 unspecified atom stereocenters. The predicted octanol–water partition coefficient (Wildman–Crippen LogP) is 2.09. The van der Waals surface area contributed by atoms with Crippen LogP contribution in [0.15, 0.2) is 36.5 Å². The molecule has 1 amide bonds. The number of nitro benzene ring substituents is 1. The molecule has 0 spiro atoms. The Hall–Kier alpha value is -3.03. The van der Waals surface area contributed by atoms with Gasteiger partial charge in [-0.05, 0) is 18.2 Å². The van der Waals surface area contributed by atoms with Crippen molar-refractivity contribution in [3.8, 4) is 5.75 Å². The first-order valence-electron chi connectivity index (χ1n) is 5.37. The lowest BCUT2D eigenvalue weighted by atomic mass is 10.2. The third-order valence-electron chi connectivity index (χ3n) is 2.41. The number of nitrogens with one attached hydrogen (secondary N) is 1. The quantitative estimate of drug-likeness (QED) is 0.387. The number of nitro groups is 1. The van der Waals surface area contributed by atoms with E-state index in [1.807, 2.05) is 0 Å². The van der Waals surface area contributed by atoms with Crippen molar-refractivity contribution in [1.82, 2.24) is 4.98 Å². The van der Waals surface area contributed by atoms with Crippen molar-refractivity contribution in [2.24, 2.45) is 0 Å². The Balaban J connectivity index is 2.30. The van der Waals surface area contributed by atoms with Gasteiger partial charge in [-0.2, -0.15) is 4.39 Å². The number of pyridine rings is 1. The molecular formula is C12H8FN3O4. The second-order valence-corrected chi connectivity index (χ2v) is 3.78. The van der Waals surface area contributed by atoms with Crippen LogP contribution in [0.2, 0.25) is 0 Å². The van der Waals surface area contributed by atoms with Crippen LogP contribution in [-0.4, -0.2) is 20.9 Å². The smallest absolute Gasteiger partial charge is 0.296 e. The van der Waals surface area contributed by atoms with Crippen LogP contribution in [0.3, 0.4) is 0 Å². The number of hydrogen-bond donors (Lipinski definition) is 2. The van der Waals surface area contributed by atoms with Crippen LogP contribution in [0.4, 0.5) is 15.8 Å². The van der Waals surface area contributed by atoms with Crippen LogP contribution in [0.5, 0.6) is 5.75 Å². The van der Waals surface area contributed by atoms with Gasteiger partial charge in [-0.1, -0.05) is 0 Å². The molecule has 0 aliphatic rings. The van der Waals surface area contributed by atoms with Crippen molar-refractivity contribution in [2.45, 2.75) is 0 Å². The van der Waals surface area contributed by atoms with Crippen molar-refractivity contribution in [3.63, 3.8) is 0 Å². The molecule has 1 aromatic carbocycles. The Morgan fingerprint density at radius 3 is 2.75 bits per heavy atom. The fourth-order valence-electron chi connectivity index (χ4n) is 1.51. The van der Waals surface area contributed by atoms with E-state index in [0.29, 0.717) is 0 Å². The lowest BCUT2D eigenvalue weighted by molar-refractivity contribution is -0.384. The highest BCUT2D eigenvalue weighted by Gasteiger charge is 2.17. The Kier molecular flexibility index (Phi) is 3.56. The van der Waals surface area contributed by atoms with Crippen molar-refractivity contribution in [3.05, 3.63) is 58.2 Å². The lowest BCUT2D eigenvalue weighted by Crippen LogP contribution is -2.13. The van der Waals surface area contributed by atoms with Gasteiger partial charge in [0.25, 0.3) is 11.6 Å². The average Bonchev–Trinajstić information content (AvgIpc) is 2.40. The van der Waals surface area contributed by atoms with E-state index >= 15 is 0 Å². The monoisotopic (exact) mass is 277 g/mol. The first-order valence-corrected chi connectivity index (χ1v) is 5.37. The van der Waals surface area contributed by atoms with Gasteiger partial charge in [-0.25, -0.2) is 4.98 Å². The summed E-state index contributed by atoms with van der Waals surface area (Å²) in [4.78, 5) is 25.2. The molecule has 20 heavy (non-hydrogen) atoms. The number of aromatic nitrogens is 1. The molecule has 0 bridgehead atoms. The molecule has 8 heteroatoms. The van der Waals surface area contributed by atoms with E-state index in [0.717, 1.165) is 18.3 Å². The Morgan fingerprint density at radius 1 is 1.35 bits per heavy atom. The number of halogens is 1. The van der Waals surface area contributed by atoms with Crippen LogP contribution >= 0.6 is 0 Å². The van der Waals surface area contributed by atoms with E-state index < -0.39 is 22.5 Å². The van der Waals surface area contributed by atoms with Crippen LogP contribution < -0.4 is 5.32 Å². The molecule has 1 heterocycles. The molecule has 0 aliphatic heterocycles. The minimum absolute atomic E-state index is 0.0279. The molecule has 2 N–H and O–H groups in total. The molecule has 102 valence electrons.